The molecule has 2 aromatic carbocycles. The van der Waals surface area contributed by atoms with E-state index in [2.05, 4.69) is 0 Å². The van der Waals surface area contributed by atoms with E-state index in [1.54, 1.807) is 24.3 Å². The van der Waals surface area contributed by atoms with Gasteiger partial charge in [0.1, 0.15) is 11.6 Å². The first-order valence-electron chi connectivity index (χ1n) is 8.67. The van der Waals surface area contributed by atoms with E-state index in [-0.39, 0.29) is 22.7 Å². The Hall–Kier alpha value is -2.36. The zero-order valence-electron chi connectivity index (χ0n) is 16.3. The standard InChI is InChI=1S/C22H26F2N2/c1-21(2,3)25-19(15-7-11-17(23)12-8-15)20(26-22(4,5)6)16-9-13-18(24)14-10-16/h7-14H,1-6H3. The van der Waals surface area contributed by atoms with Gasteiger partial charge >= 0.3 is 0 Å². The van der Waals surface area contributed by atoms with Crippen molar-refractivity contribution in [2.45, 2.75) is 52.6 Å². The second-order valence-corrected chi connectivity index (χ2v) is 8.28. The van der Waals surface area contributed by atoms with Crippen LogP contribution in [-0.4, -0.2) is 22.5 Å². The van der Waals surface area contributed by atoms with E-state index in [0.717, 1.165) is 11.1 Å². The Morgan fingerprint density at radius 2 is 0.846 bits per heavy atom. The van der Waals surface area contributed by atoms with Crippen LogP contribution in [0.5, 0.6) is 0 Å². The average molecular weight is 356 g/mol. The lowest BCUT2D eigenvalue weighted by Crippen LogP contribution is -2.26. The molecule has 0 aliphatic rings. The number of aliphatic imine (C=N–C) groups is 2. The molecule has 0 aliphatic heterocycles. The molecule has 0 unspecified atom stereocenters. The molecule has 0 saturated carbocycles. The zero-order chi connectivity index (χ0) is 19.5. The number of halogens is 2. The summed E-state index contributed by atoms with van der Waals surface area (Å²) < 4.78 is 26.8. The SMILES string of the molecule is CC(C)(C)N=C(C(=NC(C)(C)C)c1ccc(F)cc1)c1ccc(F)cc1. The lowest BCUT2D eigenvalue weighted by molar-refractivity contribution is 0.579. The van der Waals surface area contributed by atoms with Gasteiger partial charge < -0.3 is 0 Å². The van der Waals surface area contributed by atoms with Crippen LogP contribution in [0.3, 0.4) is 0 Å². The van der Waals surface area contributed by atoms with Gasteiger partial charge in [-0.1, -0.05) is 0 Å². The molecule has 0 radical (unpaired) electrons. The lowest BCUT2D eigenvalue weighted by Gasteiger charge is -2.21. The highest BCUT2D eigenvalue weighted by molar-refractivity contribution is 6.53. The topological polar surface area (TPSA) is 24.7 Å². The maximum Gasteiger partial charge on any atom is 0.123 e. The molecule has 0 fully saturated rings. The third-order valence-electron chi connectivity index (χ3n) is 3.35. The Balaban J connectivity index is 2.73. The van der Waals surface area contributed by atoms with Crippen molar-refractivity contribution >= 4 is 11.4 Å². The third-order valence-corrected chi connectivity index (χ3v) is 3.35. The first-order chi connectivity index (χ1) is 11.9. The highest BCUT2D eigenvalue weighted by Crippen LogP contribution is 2.19. The molecule has 2 nitrogen and oxygen atoms in total. The van der Waals surface area contributed by atoms with Crippen molar-refractivity contribution in [1.82, 2.24) is 0 Å². The normalized spacial score (nSPS) is 13.8. The van der Waals surface area contributed by atoms with Crippen molar-refractivity contribution in [3.8, 4) is 0 Å². The van der Waals surface area contributed by atoms with E-state index in [9.17, 15) is 8.78 Å². The number of hydrogen-bond donors (Lipinski definition) is 0. The summed E-state index contributed by atoms with van der Waals surface area (Å²) in [6.07, 6.45) is 0. The second-order valence-electron chi connectivity index (χ2n) is 8.28. The summed E-state index contributed by atoms with van der Waals surface area (Å²) in [4.78, 5) is 9.72. The molecule has 0 heterocycles. The van der Waals surface area contributed by atoms with E-state index in [1.165, 1.54) is 24.3 Å². The predicted molar refractivity (Wildman–Crippen MR) is 105 cm³/mol. The third kappa shape index (κ3) is 5.87. The van der Waals surface area contributed by atoms with Crippen LogP contribution in [0.25, 0.3) is 0 Å². The van der Waals surface area contributed by atoms with E-state index >= 15 is 0 Å². The van der Waals surface area contributed by atoms with Gasteiger partial charge in [-0.2, -0.15) is 0 Å². The quantitative estimate of drug-likeness (QED) is 0.617. The van der Waals surface area contributed by atoms with Crippen molar-refractivity contribution < 1.29 is 8.78 Å². The summed E-state index contributed by atoms with van der Waals surface area (Å²) in [5.41, 5.74) is 2.16. The van der Waals surface area contributed by atoms with E-state index in [4.69, 9.17) is 9.98 Å². The van der Waals surface area contributed by atoms with Crippen LogP contribution in [0.1, 0.15) is 52.7 Å². The van der Waals surface area contributed by atoms with Crippen LogP contribution in [0.2, 0.25) is 0 Å². The number of hydrogen-bond acceptors (Lipinski definition) is 2. The minimum atomic E-state index is -0.359. The van der Waals surface area contributed by atoms with Gasteiger partial charge in [0.2, 0.25) is 0 Å². The van der Waals surface area contributed by atoms with Crippen molar-refractivity contribution in [2.75, 3.05) is 0 Å². The van der Waals surface area contributed by atoms with E-state index in [1.807, 2.05) is 41.5 Å². The van der Waals surface area contributed by atoms with Gasteiger partial charge in [0.15, 0.2) is 0 Å². The number of rotatable bonds is 3. The molecule has 0 spiro atoms. The van der Waals surface area contributed by atoms with Gasteiger partial charge in [0.05, 0.1) is 22.5 Å². The summed E-state index contributed by atoms with van der Waals surface area (Å²) in [6.45, 7) is 12.0. The molecule has 0 N–H and O–H groups in total. The van der Waals surface area contributed by atoms with Gasteiger partial charge in [0.25, 0.3) is 0 Å². The van der Waals surface area contributed by atoms with Crippen LogP contribution < -0.4 is 0 Å². The molecule has 0 amide bonds. The molecule has 2 rings (SSSR count). The fourth-order valence-electron chi connectivity index (χ4n) is 2.39. The van der Waals surface area contributed by atoms with Crippen LogP contribution in [-0.2, 0) is 0 Å². The lowest BCUT2D eigenvalue weighted by atomic mass is 9.96. The molecule has 26 heavy (non-hydrogen) atoms. The van der Waals surface area contributed by atoms with Gasteiger partial charge in [0, 0.05) is 11.1 Å². The Kier molecular flexibility index (Phi) is 5.74. The maximum atomic E-state index is 13.4. The van der Waals surface area contributed by atoms with Crippen molar-refractivity contribution in [3.63, 3.8) is 0 Å². The van der Waals surface area contributed by atoms with Crippen LogP contribution in [0.4, 0.5) is 8.78 Å². The molecule has 0 aliphatic carbocycles. The van der Waals surface area contributed by atoms with E-state index < -0.39 is 0 Å². The van der Waals surface area contributed by atoms with Crippen molar-refractivity contribution in [1.29, 1.82) is 0 Å². The molecule has 138 valence electrons. The van der Waals surface area contributed by atoms with Gasteiger partial charge in [-0.3, -0.25) is 9.98 Å². The summed E-state index contributed by atoms with van der Waals surface area (Å²) in [6, 6.07) is 12.4. The molecule has 0 atom stereocenters. The summed E-state index contributed by atoms with van der Waals surface area (Å²) >= 11 is 0. The van der Waals surface area contributed by atoms with Crippen LogP contribution in [0, 0.1) is 11.6 Å². The van der Waals surface area contributed by atoms with Crippen molar-refractivity contribution in [2.24, 2.45) is 9.98 Å². The molecule has 0 aromatic heterocycles. The van der Waals surface area contributed by atoms with Crippen LogP contribution in [0.15, 0.2) is 58.5 Å². The van der Waals surface area contributed by atoms with E-state index in [0.29, 0.717) is 11.4 Å². The minimum Gasteiger partial charge on any atom is -0.277 e. The molecule has 0 bridgehead atoms. The summed E-state index contributed by atoms with van der Waals surface area (Å²) in [7, 11) is 0. The average Bonchev–Trinajstić information content (AvgIpc) is 2.51. The Morgan fingerprint density at radius 3 is 1.08 bits per heavy atom. The fraction of sp³-hybridized carbons (Fsp3) is 0.364. The highest BCUT2D eigenvalue weighted by Gasteiger charge is 2.21. The fourth-order valence-corrected chi connectivity index (χ4v) is 2.39. The molecule has 0 saturated heterocycles. The van der Waals surface area contributed by atoms with Gasteiger partial charge in [-0.15, -0.1) is 0 Å². The first-order valence-corrected chi connectivity index (χ1v) is 8.67. The second kappa shape index (κ2) is 7.48. The minimum absolute atomic E-state index is 0.306. The van der Waals surface area contributed by atoms with Gasteiger partial charge in [-0.25, -0.2) is 8.78 Å². The largest absolute Gasteiger partial charge is 0.277 e. The number of benzene rings is 2. The number of nitrogens with zero attached hydrogens (tertiary/aromatic N) is 2. The molecule has 2 aromatic rings. The zero-order valence-corrected chi connectivity index (χ0v) is 16.3. The smallest absolute Gasteiger partial charge is 0.123 e. The van der Waals surface area contributed by atoms with Gasteiger partial charge in [-0.05, 0) is 90.1 Å². The maximum absolute atomic E-state index is 13.4. The molecular weight excluding hydrogens is 330 g/mol. The monoisotopic (exact) mass is 356 g/mol. The molecular formula is C22H26F2N2. The molecule has 4 heteroatoms. The summed E-state index contributed by atoms with van der Waals surface area (Å²) in [5, 5.41) is 0. The highest BCUT2D eigenvalue weighted by atomic mass is 19.1. The Bertz CT molecular complexity index is 732. The summed E-state index contributed by atoms with van der Waals surface area (Å²) in [5.74, 6) is -0.611. The first kappa shape index (κ1) is 20.0. The predicted octanol–water partition coefficient (Wildman–Crippen LogP) is 5.84. The van der Waals surface area contributed by atoms with Crippen molar-refractivity contribution in [3.05, 3.63) is 71.3 Å². The Labute approximate surface area is 154 Å². The Morgan fingerprint density at radius 1 is 0.577 bits per heavy atom. The van der Waals surface area contributed by atoms with Crippen LogP contribution >= 0.6 is 0 Å².